The Balaban J connectivity index is 0.000000424. The van der Waals surface area contributed by atoms with Crippen molar-refractivity contribution in [2.75, 3.05) is 13.1 Å². The van der Waals surface area contributed by atoms with Gasteiger partial charge in [0.2, 0.25) is 5.91 Å². The average Bonchev–Trinajstić information content (AvgIpc) is 2.06. The number of amides is 1. The first-order valence-corrected chi connectivity index (χ1v) is 4.49. The Morgan fingerprint density at radius 2 is 2.00 bits per heavy atom. The molecule has 0 unspecified atom stereocenters. The van der Waals surface area contributed by atoms with E-state index in [4.69, 9.17) is 5.26 Å². The molecule has 1 amide bonds. The Hall–Kier alpha value is -1.08. The second kappa shape index (κ2) is 7.56. The molecule has 0 aromatic carbocycles. The lowest BCUT2D eigenvalue weighted by molar-refractivity contribution is -0.119. The van der Waals surface area contributed by atoms with Crippen molar-refractivity contribution < 1.29 is 4.79 Å². The molecular weight excluding hydrogens is 166 g/mol. The maximum atomic E-state index is 10.6. The Morgan fingerprint density at radius 1 is 1.54 bits per heavy atom. The molecule has 1 fully saturated rings. The Labute approximate surface area is 79.3 Å². The number of piperidine rings is 1. The maximum Gasteiger partial charge on any atom is 0.217 e. The van der Waals surface area contributed by atoms with Gasteiger partial charge in [0.25, 0.3) is 0 Å². The van der Waals surface area contributed by atoms with Crippen molar-refractivity contribution in [3.05, 3.63) is 0 Å². The first-order chi connectivity index (χ1) is 6.20. The molecule has 4 nitrogen and oxygen atoms in total. The number of hydrogen-bond donors (Lipinski definition) is 2. The van der Waals surface area contributed by atoms with E-state index in [0.29, 0.717) is 6.04 Å². The fourth-order valence-electron chi connectivity index (χ4n) is 1.25. The van der Waals surface area contributed by atoms with Crippen molar-refractivity contribution in [1.82, 2.24) is 10.6 Å². The summed E-state index contributed by atoms with van der Waals surface area (Å²) in [5.41, 5.74) is 0. The van der Waals surface area contributed by atoms with Crippen LogP contribution in [0.25, 0.3) is 0 Å². The van der Waals surface area contributed by atoms with Crippen LogP contribution in [-0.2, 0) is 4.79 Å². The Kier molecular flexibility index (Phi) is 6.93. The summed E-state index contributed by atoms with van der Waals surface area (Å²) >= 11 is 0. The van der Waals surface area contributed by atoms with Gasteiger partial charge in [-0.1, -0.05) is 0 Å². The monoisotopic (exact) mass is 183 g/mol. The van der Waals surface area contributed by atoms with Gasteiger partial charge in [0.1, 0.15) is 0 Å². The second-order valence-corrected chi connectivity index (χ2v) is 2.95. The van der Waals surface area contributed by atoms with Gasteiger partial charge in [0.05, 0.1) is 6.07 Å². The lowest BCUT2D eigenvalue weighted by atomic mass is 10.1. The molecule has 0 saturated carbocycles. The van der Waals surface area contributed by atoms with Gasteiger partial charge < -0.3 is 10.6 Å². The van der Waals surface area contributed by atoms with Crippen LogP contribution in [0.3, 0.4) is 0 Å². The predicted octanol–water partition coefficient (Wildman–Crippen LogP) is 0.404. The molecule has 4 heteroatoms. The van der Waals surface area contributed by atoms with Crippen LogP contribution >= 0.6 is 0 Å². The van der Waals surface area contributed by atoms with E-state index in [-0.39, 0.29) is 5.91 Å². The van der Waals surface area contributed by atoms with Crippen molar-refractivity contribution in [1.29, 1.82) is 5.26 Å². The van der Waals surface area contributed by atoms with Gasteiger partial charge in [0.15, 0.2) is 0 Å². The molecule has 1 aliphatic rings. The van der Waals surface area contributed by atoms with Gasteiger partial charge in [-0.05, 0) is 25.9 Å². The summed E-state index contributed by atoms with van der Waals surface area (Å²) in [5, 5.41) is 13.5. The molecule has 13 heavy (non-hydrogen) atoms. The fourth-order valence-corrected chi connectivity index (χ4v) is 1.25. The van der Waals surface area contributed by atoms with Crippen molar-refractivity contribution in [2.45, 2.75) is 32.7 Å². The number of carbonyl (C=O) groups is 1. The zero-order valence-electron chi connectivity index (χ0n) is 8.26. The molecule has 2 N–H and O–H groups in total. The molecule has 74 valence electrons. The van der Waals surface area contributed by atoms with Crippen LogP contribution in [0.15, 0.2) is 0 Å². The minimum absolute atomic E-state index is 0.0897. The molecule has 1 rings (SSSR count). The van der Waals surface area contributed by atoms with E-state index < -0.39 is 0 Å². The number of nitriles is 1. The smallest absolute Gasteiger partial charge is 0.217 e. The summed E-state index contributed by atoms with van der Waals surface area (Å²) in [5.74, 6) is 0.0897. The normalized spacial score (nSPS) is 16.4. The first kappa shape index (κ1) is 11.9. The van der Waals surface area contributed by atoms with E-state index >= 15 is 0 Å². The fraction of sp³-hybridized carbons (Fsp3) is 0.778. The van der Waals surface area contributed by atoms with Crippen LogP contribution in [0.4, 0.5) is 0 Å². The quantitative estimate of drug-likeness (QED) is 0.618. The van der Waals surface area contributed by atoms with Crippen LogP contribution in [0, 0.1) is 11.3 Å². The topological polar surface area (TPSA) is 64.9 Å². The molecular formula is C9H17N3O. The van der Waals surface area contributed by atoms with Crippen molar-refractivity contribution in [3.63, 3.8) is 0 Å². The summed E-state index contributed by atoms with van der Waals surface area (Å²) in [6.07, 6.45) is 2.14. The minimum atomic E-state index is 0.0897. The third kappa shape index (κ3) is 7.29. The van der Waals surface area contributed by atoms with Gasteiger partial charge in [-0.3, -0.25) is 4.79 Å². The Morgan fingerprint density at radius 3 is 2.38 bits per heavy atom. The first-order valence-electron chi connectivity index (χ1n) is 4.49. The lowest BCUT2D eigenvalue weighted by Gasteiger charge is -2.22. The summed E-state index contributed by atoms with van der Waals surface area (Å²) in [6, 6.07) is 2.17. The molecule has 0 atom stereocenters. The summed E-state index contributed by atoms with van der Waals surface area (Å²) in [4.78, 5) is 10.6. The summed E-state index contributed by atoms with van der Waals surface area (Å²) in [6.45, 7) is 5.07. The van der Waals surface area contributed by atoms with Crippen molar-refractivity contribution in [3.8, 4) is 6.07 Å². The largest absolute Gasteiger partial charge is 0.354 e. The number of nitrogens with zero attached hydrogens (tertiary/aromatic N) is 1. The zero-order valence-corrected chi connectivity index (χ0v) is 8.26. The second-order valence-electron chi connectivity index (χ2n) is 2.95. The Bertz CT molecular complexity index is 180. The summed E-state index contributed by atoms with van der Waals surface area (Å²) in [7, 11) is 0. The van der Waals surface area contributed by atoms with Gasteiger partial charge in [0, 0.05) is 19.9 Å². The molecule has 1 aliphatic heterocycles. The highest BCUT2D eigenvalue weighted by Crippen LogP contribution is 2.00. The van der Waals surface area contributed by atoms with E-state index in [9.17, 15) is 4.79 Å². The van der Waals surface area contributed by atoms with Crippen molar-refractivity contribution >= 4 is 5.91 Å². The van der Waals surface area contributed by atoms with E-state index in [0.717, 1.165) is 25.9 Å². The third-order valence-electron chi connectivity index (χ3n) is 1.75. The van der Waals surface area contributed by atoms with Gasteiger partial charge in [-0.2, -0.15) is 5.26 Å². The molecule has 0 spiro atoms. The third-order valence-corrected chi connectivity index (χ3v) is 1.75. The standard InChI is InChI=1S/C7H14N2O.C2H3N/c1-6(10)9-7-2-4-8-5-3-7;1-2-3/h7-8H,2-5H2,1H3,(H,9,10);1H3. The molecule has 1 heterocycles. The molecule has 0 aliphatic carbocycles. The maximum absolute atomic E-state index is 10.6. The van der Waals surface area contributed by atoms with Gasteiger partial charge >= 0.3 is 0 Å². The summed E-state index contributed by atoms with van der Waals surface area (Å²) < 4.78 is 0. The van der Waals surface area contributed by atoms with E-state index in [2.05, 4.69) is 10.6 Å². The van der Waals surface area contributed by atoms with Crippen LogP contribution in [0.1, 0.15) is 26.7 Å². The SMILES string of the molecule is CC#N.CC(=O)NC1CCNCC1. The van der Waals surface area contributed by atoms with Crippen LogP contribution in [0.5, 0.6) is 0 Å². The number of carbonyl (C=O) groups excluding carboxylic acids is 1. The molecule has 0 bridgehead atoms. The van der Waals surface area contributed by atoms with Crippen molar-refractivity contribution in [2.24, 2.45) is 0 Å². The van der Waals surface area contributed by atoms with E-state index in [1.54, 1.807) is 13.0 Å². The molecule has 0 aromatic heterocycles. The van der Waals surface area contributed by atoms with Crippen LogP contribution in [-0.4, -0.2) is 25.0 Å². The average molecular weight is 183 g/mol. The molecule has 0 aromatic rings. The number of nitrogens with one attached hydrogen (secondary N) is 2. The highest BCUT2D eigenvalue weighted by molar-refractivity contribution is 5.73. The lowest BCUT2D eigenvalue weighted by Crippen LogP contribution is -2.41. The zero-order chi connectivity index (χ0) is 10.1. The van der Waals surface area contributed by atoms with E-state index in [1.807, 2.05) is 0 Å². The molecule has 0 radical (unpaired) electrons. The van der Waals surface area contributed by atoms with Crippen LogP contribution < -0.4 is 10.6 Å². The predicted molar refractivity (Wildman–Crippen MR) is 51.0 cm³/mol. The van der Waals surface area contributed by atoms with Gasteiger partial charge in [-0.25, -0.2) is 0 Å². The van der Waals surface area contributed by atoms with Crippen LogP contribution in [0.2, 0.25) is 0 Å². The number of hydrogen-bond acceptors (Lipinski definition) is 3. The molecule has 1 saturated heterocycles. The number of rotatable bonds is 1. The van der Waals surface area contributed by atoms with Gasteiger partial charge in [-0.15, -0.1) is 0 Å². The van der Waals surface area contributed by atoms with E-state index in [1.165, 1.54) is 6.92 Å². The highest BCUT2D eigenvalue weighted by atomic mass is 16.1. The highest BCUT2D eigenvalue weighted by Gasteiger charge is 2.12. The minimum Gasteiger partial charge on any atom is -0.354 e.